The molecule has 0 radical (unpaired) electrons. The summed E-state index contributed by atoms with van der Waals surface area (Å²) in [5.41, 5.74) is 0. The Morgan fingerprint density at radius 2 is 2.53 bits per heavy atom. The Morgan fingerprint density at radius 1 is 1.67 bits per heavy atom. The summed E-state index contributed by atoms with van der Waals surface area (Å²) < 4.78 is 5.03. The van der Waals surface area contributed by atoms with E-state index in [1.165, 1.54) is 18.0 Å². The third-order valence-electron chi connectivity index (χ3n) is 1.76. The van der Waals surface area contributed by atoms with Gasteiger partial charge in [-0.15, -0.1) is 5.10 Å². The zero-order chi connectivity index (χ0) is 10.7. The minimum absolute atomic E-state index is 0.0352. The van der Waals surface area contributed by atoms with E-state index in [0.717, 1.165) is 0 Å². The van der Waals surface area contributed by atoms with E-state index in [1.54, 1.807) is 18.4 Å². The Labute approximate surface area is 90.6 Å². The molecule has 0 aromatic carbocycles. The van der Waals surface area contributed by atoms with Crippen LogP contribution in [0.4, 0.5) is 0 Å². The van der Waals surface area contributed by atoms with Gasteiger partial charge in [0, 0.05) is 0 Å². The molecule has 0 aliphatic carbocycles. The van der Waals surface area contributed by atoms with E-state index in [4.69, 9.17) is 4.42 Å². The number of rotatable bonds is 2. The maximum atomic E-state index is 11.1. The topological polar surface area (TPSA) is 67.0 Å². The van der Waals surface area contributed by atoms with Gasteiger partial charge in [-0.2, -0.15) is 5.10 Å². The highest BCUT2D eigenvalue weighted by Gasteiger charge is 2.25. The zero-order valence-electron chi connectivity index (χ0n) is 8.01. The first-order valence-corrected chi connectivity index (χ1v) is 5.26. The molecule has 0 bridgehead atoms. The van der Waals surface area contributed by atoms with Gasteiger partial charge in [-0.05, 0) is 19.1 Å². The number of amides is 1. The first-order valence-electron chi connectivity index (χ1n) is 4.38. The van der Waals surface area contributed by atoms with Gasteiger partial charge in [0.05, 0.1) is 17.7 Å². The number of hydrogen-bond acceptors (Lipinski definition) is 5. The van der Waals surface area contributed by atoms with E-state index >= 15 is 0 Å². The van der Waals surface area contributed by atoms with Crippen LogP contribution in [-0.2, 0) is 4.79 Å². The number of amidine groups is 1. The molecule has 15 heavy (non-hydrogen) atoms. The molecule has 1 aliphatic heterocycles. The van der Waals surface area contributed by atoms with Crippen molar-refractivity contribution in [3.8, 4) is 0 Å². The average molecular weight is 223 g/mol. The lowest BCUT2D eigenvalue weighted by Gasteiger charge is -1.88. The second-order valence-corrected chi connectivity index (χ2v) is 4.24. The number of thioether (sulfide) groups is 1. The maximum Gasteiger partial charge on any atom is 0.239 e. The van der Waals surface area contributed by atoms with E-state index in [2.05, 4.69) is 15.5 Å². The molecule has 0 unspecified atom stereocenters. The van der Waals surface area contributed by atoms with Gasteiger partial charge < -0.3 is 9.73 Å². The Hall–Kier alpha value is -1.56. The highest BCUT2D eigenvalue weighted by atomic mass is 32.2. The fraction of sp³-hybridized carbons (Fsp3) is 0.222. The van der Waals surface area contributed by atoms with E-state index < -0.39 is 0 Å². The first-order chi connectivity index (χ1) is 7.25. The molecule has 1 fully saturated rings. The average Bonchev–Trinajstić information content (AvgIpc) is 2.79. The Morgan fingerprint density at radius 3 is 3.13 bits per heavy atom. The minimum atomic E-state index is -0.0948. The van der Waals surface area contributed by atoms with Gasteiger partial charge >= 0.3 is 0 Å². The Kier molecular flexibility index (Phi) is 2.86. The molecule has 2 heterocycles. The van der Waals surface area contributed by atoms with Crippen LogP contribution in [0.15, 0.2) is 33.0 Å². The second-order valence-electron chi connectivity index (χ2n) is 2.91. The third kappa shape index (κ3) is 2.47. The smallest absolute Gasteiger partial charge is 0.239 e. The molecule has 2 rings (SSSR count). The molecule has 5 nitrogen and oxygen atoms in total. The van der Waals surface area contributed by atoms with Crippen molar-refractivity contribution in [1.82, 2.24) is 5.32 Å². The van der Waals surface area contributed by atoms with Gasteiger partial charge in [-0.3, -0.25) is 4.79 Å². The van der Waals surface area contributed by atoms with Gasteiger partial charge in [0.2, 0.25) is 5.91 Å². The normalized spacial score (nSPS) is 23.9. The van der Waals surface area contributed by atoms with Crippen LogP contribution in [0.25, 0.3) is 0 Å². The van der Waals surface area contributed by atoms with Crippen LogP contribution < -0.4 is 5.32 Å². The number of furan rings is 1. The second kappa shape index (κ2) is 4.31. The van der Waals surface area contributed by atoms with Crippen molar-refractivity contribution in [1.29, 1.82) is 0 Å². The predicted molar refractivity (Wildman–Crippen MR) is 58.9 cm³/mol. The molecule has 1 atom stereocenters. The number of carbonyl (C=O) groups is 1. The van der Waals surface area contributed by atoms with Crippen molar-refractivity contribution in [3.05, 3.63) is 24.2 Å². The fourth-order valence-electron chi connectivity index (χ4n) is 1.01. The summed E-state index contributed by atoms with van der Waals surface area (Å²) in [5, 5.41) is 10.7. The quantitative estimate of drug-likeness (QED) is 0.605. The highest BCUT2D eigenvalue weighted by molar-refractivity contribution is 8.15. The van der Waals surface area contributed by atoms with Crippen molar-refractivity contribution in [2.45, 2.75) is 12.2 Å². The lowest BCUT2D eigenvalue weighted by atomic mass is 10.4. The SMILES string of the molecule is C[C@@H]1S/C(=N\N=C/c2ccco2)NC1=O. The maximum absolute atomic E-state index is 11.1. The lowest BCUT2D eigenvalue weighted by molar-refractivity contribution is -0.118. The molecule has 1 N–H and O–H groups in total. The summed E-state index contributed by atoms with van der Waals surface area (Å²) in [7, 11) is 0. The van der Waals surface area contributed by atoms with Crippen molar-refractivity contribution < 1.29 is 9.21 Å². The van der Waals surface area contributed by atoms with Crippen molar-refractivity contribution in [2.24, 2.45) is 10.2 Å². The first kappa shape index (κ1) is 9.97. The summed E-state index contributed by atoms with van der Waals surface area (Å²) in [6.07, 6.45) is 3.05. The molecule has 6 heteroatoms. The summed E-state index contributed by atoms with van der Waals surface area (Å²) >= 11 is 1.36. The van der Waals surface area contributed by atoms with Crippen LogP contribution in [0.1, 0.15) is 12.7 Å². The standard InChI is InChI=1S/C9H9N3O2S/c1-6-8(13)11-9(15-6)12-10-5-7-3-2-4-14-7/h2-6H,1H3,(H,11,12,13)/b10-5-/t6-/m0/s1. The summed E-state index contributed by atoms with van der Waals surface area (Å²) in [6.45, 7) is 1.82. The molecule has 78 valence electrons. The Bertz CT molecular complexity index is 411. The number of nitrogens with zero attached hydrogens (tertiary/aromatic N) is 2. The van der Waals surface area contributed by atoms with Crippen molar-refractivity contribution in [2.75, 3.05) is 0 Å². The third-order valence-corrected chi connectivity index (χ3v) is 2.74. The van der Waals surface area contributed by atoms with Crippen LogP contribution >= 0.6 is 11.8 Å². The molecular formula is C9H9N3O2S. The number of carbonyl (C=O) groups excluding carboxylic acids is 1. The van der Waals surface area contributed by atoms with Crippen LogP contribution in [0.5, 0.6) is 0 Å². The molecule has 1 amide bonds. The molecule has 1 saturated heterocycles. The van der Waals surface area contributed by atoms with Crippen LogP contribution in [0, 0.1) is 0 Å². The van der Waals surface area contributed by atoms with E-state index in [1.807, 2.05) is 6.92 Å². The van der Waals surface area contributed by atoms with Crippen LogP contribution in [0.2, 0.25) is 0 Å². The molecule has 1 aromatic rings. The predicted octanol–water partition coefficient (Wildman–Crippen LogP) is 1.22. The van der Waals surface area contributed by atoms with Crippen LogP contribution in [0.3, 0.4) is 0 Å². The molecular weight excluding hydrogens is 214 g/mol. The number of nitrogens with one attached hydrogen (secondary N) is 1. The molecule has 1 aromatic heterocycles. The summed E-state index contributed by atoms with van der Waals surface area (Å²) in [4.78, 5) is 11.1. The van der Waals surface area contributed by atoms with Gasteiger partial charge in [0.1, 0.15) is 5.76 Å². The fourth-order valence-corrected chi connectivity index (χ4v) is 1.76. The molecule has 0 saturated carbocycles. The van der Waals surface area contributed by atoms with Crippen LogP contribution in [-0.4, -0.2) is 22.5 Å². The van der Waals surface area contributed by atoms with Gasteiger partial charge in [-0.1, -0.05) is 11.8 Å². The van der Waals surface area contributed by atoms with Gasteiger partial charge in [0.15, 0.2) is 5.17 Å². The lowest BCUT2D eigenvalue weighted by Crippen LogP contribution is -2.23. The van der Waals surface area contributed by atoms with Gasteiger partial charge in [0.25, 0.3) is 0 Å². The van der Waals surface area contributed by atoms with Gasteiger partial charge in [-0.25, -0.2) is 0 Å². The van der Waals surface area contributed by atoms with Crippen molar-refractivity contribution in [3.63, 3.8) is 0 Å². The summed E-state index contributed by atoms with van der Waals surface area (Å²) in [6, 6.07) is 3.54. The largest absolute Gasteiger partial charge is 0.463 e. The zero-order valence-corrected chi connectivity index (χ0v) is 8.82. The Balaban J connectivity index is 1.98. The summed E-state index contributed by atoms with van der Waals surface area (Å²) in [5.74, 6) is 0.591. The molecule has 0 spiro atoms. The van der Waals surface area contributed by atoms with E-state index in [-0.39, 0.29) is 11.2 Å². The van der Waals surface area contributed by atoms with E-state index in [9.17, 15) is 4.79 Å². The van der Waals surface area contributed by atoms with Crippen molar-refractivity contribution >= 4 is 29.1 Å². The minimum Gasteiger partial charge on any atom is -0.463 e. The highest BCUT2D eigenvalue weighted by Crippen LogP contribution is 2.18. The molecule has 1 aliphatic rings. The monoisotopic (exact) mass is 223 g/mol. The van der Waals surface area contributed by atoms with E-state index in [0.29, 0.717) is 10.9 Å². The number of hydrogen-bond donors (Lipinski definition) is 1.